The standard InChI is InChI=1S/C25H24N6O2/c1-17-8-12-31(30-13-10-19-4-2-3-5-22(19)30)24(33)21(17)7-6-18-14-27-25(28-15-18)29-11-9-20(16-29)23(26)32/h2-5,8,12,14-15,20H,9-11,13,16H2,1H3,(H2,26,32)/t20-/m1/s1. The highest BCUT2D eigenvalue weighted by Gasteiger charge is 2.28. The molecule has 1 aromatic carbocycles. The fourth-order valence-corrected chi connectivity index (χ4v) is 4.36. The summed E-state index contributed by atoms with van der Waals surface area (Å²) in [5.41, 5.74) is 9.42. The van der Waals surface area contributed by atoms with Gasteiger partial charge in [0.1, 0.15) is 0 Å². The summed E-state index contributed by atoms with van der Waals surface area (Å²) in [4.78, 5) is 35.4. The Bertz CT molecular complexity index is 1340. The fraction of sp³-hybridized carbons (Fsp3) is 0.280. The van der Waals surface area contributed by atoms with Gasteiger partial charge in [-0.3, -0.25) is 14.6 Å². The Balaban J connectivity index is 1.39. The molecule has 2 aromatic heterocycles. The molecular weight excluding hydrogens is 416 g/mol. The van der Waals surface area contributed by atoms with Crippen LogP contribution >= 0.6 is 0 Å². The van der Waals surface area contributed by atoms with Crippen molar-refractivity contribution in [2.45, 2.75) is 19.8 Å². The van der Waals surface area contributed by atoms with E-state index in [9.17, 15) is 9.59 Å². The van der Waals surface area contributed by atoms with Crippen LogP contribution in [0.4, 0.5) is 11.6 Å². The molecule has 166 valence electrons. The normalized spacial score (nSPS) is 16.9. The molecule has 0 saturated carbocycles. The van der Waals surface area contributed by atoms with Crippen LogP contribution in [0.2, 0.25) is 0 Å². The van der Waals surface area contributed by atoms with Crippen molar-refractivity contribution in [2.24, 2.45) is 11.7 Å². The zero-order valence-corrected chi connectivity index (χ0v) is 18.4. The molecule has 5 rings (SSSR count). The maximum atomic E-state index is 13.3. The largest absolute Gasteiger partial charge is 0.369 e. The number of primary amides is 1. The lowest BCUT2D eigenvalue weighted by molar-refractivity contribution is -0.121. The zero-order valence-electron chi connectivity index (χ0n) is 18.4. The third-order valence-corrected chi connectivity index (χ3v) is 6.25. The molecule has 3 aromatic rings. The Morgan fingerprint density at radius 2 is 1.91 bits per heavy atom. The van der Waals surface area contributed by atoms with Gasteiger partial charge in [-0.05, 0) is 43.0 Å². The third-order valence-electron chi connectivity index (χ3n) is 6.25. The Labute approximate surface area is 191 Å². The Hall–Kier alpha value is -4.12. The van der Waals surface area contributed by atoms with E-state index >= 15 is 0 Å². The van der Waals surface area contributed by atoms with Gasteiger partial charge in [0.2, 0.25) is 11.9 Å². The number of carbonyl (C=O) groups excluding carboxylic acids is 1. The molecule has 2 N–H and O–H groups in total. The van der Waals surface area contributed by atoms with Crippen molar-refractivity contribution in [3.8, 4) is 11.8 Å². The maximum absolute atomic E-state index is 13.3. The van der Waals surface area contributed by atoms with E-state index in [4.69, 9.17) is 5.73 Å². The van der Waals surface area contributed by atoms with Crippen LogP contribution < -0.4 is 21.2 Å². The summed E-state index contributed by atoms with van der Waals surface area (Å²) >= 11 is 0. The van der Waals surface area contributed by atoms with Crippen molar-refractivity contribution < 1.29 is 4.79 Å². The molecule has 1 saturated heterocycles. The minimum Gasteiger partial charge on any atom is -0.369 e. The van der Waals surface area contributed by atoms with Gasteiger partial charge in [-0.25, -0.2) is 14.6 Å². The number of nitrogens with two attached hydrogens (primary N) is 1. The molecule has 1 atom stereocenters. The Morgan fingerprint density at radius 1 is 1.12 bits per heavy atom. The lowest BCUT2D eigenvalue weighted by Gasteiger charge is -2.22. The number of aryl methyl sites for hydroxylation is 1. The van der Waals surface area contributed by atoms with Crippen LogP contribution in [0.15, 0.2) is 53.7 Å². The molecule has 1 fully saturated rings. The molecule has 2 aliphatic rings. The number of hydrogen-bond donors (Lipinski definition) is 1. The van der Waals surface area contributed by atoms with Gasteiger partial charge in [-0.15, -0.1) is 0 Å². The number of nitrogens with zero attached hydrogens (tertiary/aromatic N) is 5. The molecular formula is C25H24N6O2. The quantitative estimate of drug-likeness (QED) is 0.620. The highest BCUT2D eigenvalue weighted by molar-refractivity contribution is 5.78. The smallest absolute Gasteiger partial charge is 0.285 e. The van der Waals surface area contributed by atoms with Crippen molar-refractivity contribution in [3.63, 3.8) is 0 Å². The molecule has 0 aliphatic carbocycles. The number of rotatable bonds is 3. The number of amides is 1. The number of para-hydroxylation sites is 1. The summed E-state index contributed by atoms with van der Waals surface area (Å²) in [6.45, 7) is 3.86. The van der Waals surface area contributed by atoms with Crippen molar-refractivity contribution in [1.82, 2.24) is 14.6 Å². The minimum atomic E-state index is -0.290. The second-order valence-electron chi connectivity index (χ2n) is 8.38. The van der Waals surface area contributed by atoms with Crippen LogP contribution in [0.1, 0.15) is 28.7 Å². The van der Waals surface area contributed by atoms with Crippen molar-refractivity contribution >= 4 is 17.5 Å². The summed E-state index contributed by atoms with van der Waals surface area (Å²) in [6.07, 6.45) is 6.69. The predicted octanol–water partition coefficient (Wildman–Crippen LogP) is 1.48. The van der Waals surface area contributed by atoms with E-state index in [0.29, 0.717) is 36.6 Å². The van der Waals surface area contributed by atoms with Crippen LogP contribution in [0.5, 0.6) is 0 Å². The Kier molecular flexibility index (Phi) is 5.31. The second-order valence-corrected chi connectivity index (χ2v) is 8.38. The van der Waals surface area contributed by atoms with Gasteiger partial charge < -0.3 is 10.6 Å². The van der Waals surface area contributed by atoms with Crippen LogP contribution in [0.25, 0.3) is 0 Å². The average Bonchev–Trinajstić information content (AvgIpc) is 3.48. The second kappa shape index (κ2) is 8.43. The maximum Gasteiger partial charge on any atom is 0.285 e. The fourth-order valence-electron chi connectivity index (χ4n) is 4.36. The molecule has 0 spiro atoms. The molecule has 0 unspecified atom stereocenters. The first-order valence-electron chi connectivity index (χ1n) is 11.0. The van der Waals surface area contributed by atoms with Gasteiger partial charge in [-0.1, -0.05) is 30.0 Å². The SMILES string of the molecule is Cc1ccn(N2CCc3ccccc32)c(=O)c1C#Cc1cnc(N2CC[C@@H](C(N)=O)C2)nc1. The van der Waals surface area contributed by atoms with Gasteiger partial charge in [0.05, 0.1) is 22.7 Å². The number of aromatic nitrogens is 3. The molecule has 4 heterocycles. The van der Waals surface area contributed by atoms with Crippen molar-refractivity contribution in [3.05, 3.63) is 81.5 Å². The lowest BCUT2D eigenvalue weighted by atomic mass is 10.1. The number of benzene rings is 1. The molecule has 8 nitrogen and oxygen atoms in total. The van der Waals surface area contributed by atoms with Gasteiger partial charge in [0.15, 0.2) is 0 Å². The van der Waals surface area contributed by atoms with Gasteiger partial charge in [-0.2, -0.15) is 0 Å². The van der Waals surface area contributed by atoms with E-state index in [1.54, 1.807) is 23.3 Å². The molecule has 33 heavy (non-hydrogen) atoms. The molecule has 2 aliphatic heterocycles. The number of pyridine rings is 1. The van der Waals surface area contributed by atoms with Crippen LogP contribution in [0, 0.1) is 24.7 Å². The summed E-state index contributed by atoms with van der Waals surface area (Å²) < 4.78 is 1.64. The lowest BCUT2D eigenvalue weighted by Crippen LogP contribution is -2.38. The van der Waals surface area contributed by atoms with Crippen LogP contribution in [-0.2, 0) is 11.2 Å². The van der Waals surface area contributed by atoms with Gasteiger partial charge >= 0.3 is 0 Å². The first-order valence-corrected chi connectivity index (χ1v) is 11.0. The minimum absolute atomic E-state index is 0.147. The van der Waals surface area contributed by atoms with Crippen LogP contribution in [0.3, 0.4) is 0 Å². The first-order chi connectivity index (χ1) is 16.0. The number of hydrogen-bond acceptors (Lipinski definition) is 6. The summed E-state index contributed by atoms with van der Waals surface area (Å²) in [5.74, 6) is 6.15. The number of carbonyl (C=O) groups is 1. The van der Waals surface area contributed by atoms with Crippen LogP contribution in [-0.4, -0.2) is 40.2 Å². The molecule has 8 heteroatoms. The zero-order chi connectivity index (χ0) is 22.9. The Morgan fingerprint density at radius 3 is 2.67 bits per heavy atom. The van der Waals surface area contributed by atoms with Crippen molar-refractivity contribution in [1.29, 1.82) is 0 Å². The summed E-state index contributed by atoms with van der Waals surface area (Å²) in [7, 11) is 0. The predicted molar refractivity (Wildman–Crippen MR) is 126 cm³/mol. The van der Waals surface area contributed by atoms with Crippen molar-refractivity contribution in [2.75, 3.05) is 29.5 Å². The number of fused-ring (bicyclic) bond motifs is 1. The third kappa shape index (κ3) is 3.94. The van der Waals surface area contributed by atoms with E-state index in [2.05, 4.69) is 27.9 Å². The summed E-state index contributed by atoms with van der Waals surface area (Å²) in [6, 6.07) is 10.0. The monoisotopic (exact) mass is 440 g/mol. The average molecular weight is 441 g/mol. The van der Waals surface area contributed by atoms with E-state index < -0.39 is 0 Å². The highest BCUT2D eigenvalue weighted by Crippen LogP contribution is 2.27. The van der Waals surface area contributed by atoms with E-state index in [-0.39, 0.29) is 17.4 Å². The van der Waals surface area contributed by atoms with E-state index in [0.717, 1.165) is 24.2 Å². The number of anilines is 2. The first kappa shape index (κ1) is 20.8. The topological polar surface area (TPSA) is 97.4 Å². The van der Waals surface area contributed by atoms with E-state index in [1.807, 2.05) is 41.1 Å². The molecule has 0 bridgehead atoms. The molecule has 1 amide bonds. The summed E-state index contributed by atoms with van der Waals surface area (Å²) in [5, 5.41) is 2.00. The van der Waals surface area contributed by atoms with Gasteiger partial charge in [0.25, 0.3) is 5.56 Å². The van der Waals surface area contributed by atoms with Gasteiger partial charge in [0, 0.05) is 38.2 Å². The van der Waals surface area contributed by atoms with E-state index in [1.165, 1.54) is 5.56 Å². The molecule has 0 radical (unpaired) electrons. The highest BCUT2D eigenvalue weighted by atomic mass is 16.1.